The van der Waals surface area contributed by atoms with Crippen LogP contribution in [0.3, 0.4) is 0 Å². The van der Waals surface area contributed by atoms with Crippen LogP contribution in [0.5, 0.6) is 11.6 Å². The molecular weight excluding hydrogens is 354 g/mol. The van der Waals surface area contributed by atoms with Crippen LogP contribution in [0.25, 0.3) is 0 Å². The second kappa shape index (κ2) is 7.72. The Bertz CT molecular complexity index is 871. The van der Waals surface area contributed by atoms with Crippen LogP contribution < -0.4 is 10.1 Å². The highest BCUT2D eigenvalue weighted by molar-refractivity contribution is 5.94. The monoisotopic (exact) mass is 379 g/mol. The summed E-state index contributed by atoms with van der Waals surface area (Å²) in [7, 11) is 0. The van der Waals surface area contributed by atoms with E-state index >= 15 is 0 Å². The van der Waals surface area contributed by atoms with E-state index in [9.17, 15) is 9.59 Å². The summed E-state index contributed by atoms with van der Waals surface area (Å²) in [5.74, 6) is 1.34. The molecule has 3 aliphatic heterocycles. The Morgan fingerprint density at radius 2 is 1.82 bits per heavy atom. The first-order chi connectivity index (χ1) is 13.5. The molecule has 0 saturated carbocycles. The minimum atomic E-state index is -0.112. The standard InChI is InChI=1S/C22H25N3O3/c1-14-21(16-10-12-25(14)13-11-16)24-22(27)17-6-8-18(9-7-17)28-20-5-3-4-19(23-20)15(2)26/h3-9,14,16,21H,10-13H2,1-2H3,(H,24,27)/t14-,21-/m0/s1. The number of nitrogens with one attached hydrogen (secondary N) is 1. The van der Waals surface area contributed by atoms with Crippen molar-refractivity contribution in [1.82, 2.24) is 15.2 Å². The van der Waals surface area contributed by atoms with Gasteiger partial charge < -0.3 is 10.1 Å². The second-order valence-corrected chi connectivity index (χ2v) is 7.66. The van der Waals surface area contributed by atoms with Crippen molar-refractivity contribution in [3.05, 3.63) is 53.7 Å². The highest BCUT2D eigenvalue weighted by atomic mass is 16.5. The maximum absolute atomic E-state index is 12.7. The Balaban J connectivity index is 1.41. The third-order valence-corrected chi connectivity index (χ3v) is 5.90. The third-order valence-electron chi connectivity index (χ3n) is 5.90. The van der Waals surface area contributed by atoms with Crippen LogP contribution in [0.2, 0.25) is 0 Å². The minimum absolute atomic E-state index is 0.0474. The molecule has 6 heteroatoms. The highest BCUT2D eigenvalue weighted by Gasteiger charge is 2.40. The van der Waals surface area contributed by atoms with Gasteiger partial charge in [-0.2, -0.15) is 0 Å². The van der Waals surface area contributed by atoms with Gasteiger partial charge in [0.1, 0.15) is 11.4 Å². The summed E-state index contributed by atoms with van der Waals surface area (Å²) in [5, 5.41) is 3.23. The molecule has 4 heterocycles. The van der Waals surface area contributed by atoms with Crippen LogP contribution in [0.15, 0.2) is 42.5 Å². The number of Topliss-reactive ketones (excluding diaryl/α,β-unsaturated/α-hetero) is 1. The fraction of sp³-hybridized carbons (Fsp3) is 0.409. The molecule has 1 N–H and O–H groups in total. The summed E-state index contributed by atoms with van der Waals surface area (Å²) in [5.41, 5.74) is 0.974. The largest absolute Gasteiger partial charge is 0.439 e. The van der Waals surface area contributed by atoms with Crippen LogP contribution in [0.4, 0.5) is 0 Å². The van der Waals surface area contributed by atoms with E-state index in [-0.39, 0.29) is 17.7 Å². The molecule has 2 atom stereocenters. The van der Waals surface area contributed by atoms with Crippen LogP contribution in [-0.2, 0) is 0 Å². The van der Waals surface area contributed by atoms with Crippen molar-refractivity contribution in [2.75, 3.05) is 13.1 Å². The summed E-state index contributed by atoms with van der Waals surface area (Å²) >= 11 is 0. The molecule has 1 aromatic heterocycles. The van der Waals surface area contributed by atoms with Crippen LogP contribution in [0, 0.1) is 5.92 Å². The zero-order chi connectivity index (χ0) is 19.7. The predicted octanol–water partition coefficient (Wildman–Crippen LogP) is 3.29. The first-order valence-corrected chi connectivity index (χ1v) is 9.82. The van der Waals surface area contributed by atoms with E-state index in [1.165, 1.54) is 6.92 Å². The average molecular weight is 379 g/mol. The average Bonchev–Trinajstić information content (AvgIpc) is 2.71. The number of piperidine rings is 3. The topological polar surface area (TPSA) is 71.5 Å². The van der Waals surface area contributed by atoms with Gasteiger partial charge in [0.15, 0.2) is 5.78 Å². The number of ether oxygens (including phenoxy) is 1. The van der Waals surface area contributed by atoms with Crippen LogP contribution in [-0.4, -0.2) is 46.7 Å². The number of hydrogen-bond acceptors (Lipinski definition) is 5. The Morgan fingerprint density at radius 1 is 1.11 bits per heavy atom. The fourth-order valence-corrected chi connectivity index (χ4v) is 4.24. The lowest BCUT2D eigenvalue weighted by atomic mass is 9.79. The quantitative estimate of drug-likeness (QED) is 0.807. The maximum Gasteiger partial charge on any atom is 0.251 e. The molecule has 6 nitrogen and oxygen atoms in total. The van der Waals surface area contributed by atoms with E-state index in [0.29, 0.717) is 34.8 Å². The van der Waals surface area contributed by atoms with E-state index in [2.05, 4.69) is 22.1 Å². The lowest BCUT2D eigenvalue weighted by molar-refractivity contribution is 0.0217. The molecular formula is C22H25N3O3. The number of aromatic nitrogens is 1. The Hall–Kier alpha value is -2.73. The lowest BCUT2D eigenvalue weighted by Gasteiger charge is -2.49. The SMILES string of the molecule is CC(=O)c1cccc(Oc2ccc(C(=O)N[C@@H]3C4CCN(CC4)[C@H]3C)cc2)n1. The van der Waals surface area contributed by atoms with Gasteiger partial charge >= 0.3 is 0 Å². The van der Waals surface area contributed by atoms with E-state index in [1.54, 1.807) is 42.5 Å². The van der Waals surface area contributed by atoms with Crippen molar-refractivity contribution in [1.29, 1.82) is 0 Å². The van der Waals surface area contributed by atoms with Crippen molar-refractivity contribution in [2.45, 2.75) is 38.8 Å². The summed E-state index contributed by atoms with van der Waals surface area (Å²) in [6.07, 6.45) is 2.32. The van der Waals surface area contributed by atoms with Gasteiger partial charge in [0, 0.05) is 30.6 Å². The van der Waals surface area contributed by atoms with Crippen molar-refractivity contribution < 1.29 is 14.3 Å². The van der Waals surface area contributed by atoms with Gasteiger partial charge in [-0.05, 0) is 69.1 Å². The zero-order valence-corrected chi connectivity index (χ0v) is 16.2. The third kappa shape index (κ3) is 3.78. The number of hydrogen-bond donors (Lipinski definition) is 1. The van der Waals surface area contributed by atoms with Gasteiger partial charge in [0.05, 0.1) is 0 Å². The van der Waals surface area contributed by atoms with Crippen LogP contribution >= 0.6 is 0 Å². The highest BCUT2D eigenvalue weighted by Crippen LogP contribution is 2.32. The number of benzene rings is 1. The zero-order valence-electron chi connectivity index (χ0n) is 16.2. The van der Waals surface area contributed by atoms with Gasteiger partial charge in [0.2, 0.25) is 5.88 Å². The van der Waals surface area contributed by atoms with Crippen molar-refractivity contribution in [3.63, 3.8) is 0 Å². The summed E-state index contributed by atoms with van der Waals surface area (Å²) < 4.78 is 5.71. The summed E-state index contributed by atoms with van der Waals surface area (Å²) in [6, 6.07) is 12.7. The predicted molar refractivity (Wildman–Crippen MR) is 106 cm³/mol. The molecule has 1 amide bonds. The smallest absolute Gasteiger partial charge is 0.251 e. The number of ketones is 1. The summed E-state index contributed by atoms with van der Waals surface area (Å²) in [6.45, 7) is 5.96. The molecule has 0 spiro atoms. The first kappa shape index (κ1) is 18.6. The minimum Gasteiger partial charge on any atom is -0.439 e. The first-order valence-electron chi connectivity index (χ1n) is 9.82. The van der Waals surface area contributed by atoms with Gasteiger partial charge in [-0.1, -0.05) is 6.07 Å². The van der Waals surface area contributed by atoms with Crippen LogP contribution in [0.1, 0.15) is 47.5 Å². The molecule has 5 rings (SSSR count). The van der Waals surface area contributed by atoms with Crippen molar-refractivity contribution in [3.8, 4) is 11.6 Å². The molecule has 146 valence electrons. The number of nitrogens with zero attached hydrogens (tertiary/aromatic N) is 2. The summed E-state index contributed by atoms with van der Waals surface area (Å²) in [4.78, 5) is 30.8. The molecule has 0 unspecified atom stereocenters. The normalized spacial score (nSPS) is 25.9. The lowest BCUT2D eigenvalue weighted by Crippen LogP contribution is -2.62. The molecule has 28 heavy (non-hydrogen) atoms. The number of amides is 1. The van der Waals surface area contributed by atoms with E-state index in [4.69, 9.17) is 4.74 Å². The molecule has 1 aromatic carbocycles. The van der Waals surface area contributed by atoms with Gasteiger partial charge in [-0.15, -0.1) is 0 Å². The van der Waals surface area contributed by atoms with Crippen molar-refractivity contribution >= 4 is 11.7 Å². The molecule has 2 aromatic rings. The number of carbonyl (C=O) groups is 2. The van der Waals surface area contributed by atoms with E-state index < -0.39 is 0 Å². The number of fused-ring (bicyclic) bond motifs is 3. The van der Waals surface area contributed by atoms with E-state index in [0.717, 1.165) is 25.9 Å². The van der Waals surface area contributed by atoms with Gasteiger partial charge in [-0.3, -0.25) is 14.5 Å². The molecule has 3 aliphatic rings. The second-order valence-electron chi connectivity index (χ2n) is 7.66. The van der Waals surface area contributed by atoms with Crippen molar-refractivity contribution in [2.24, 2.45) is 5.92 Å². The Kier molecular flexibility index (Phi) is 5.13. The van der Waals surface area contributed by atoms with Gasteiger partial charge in [0.25, 0.3) is 5.91 Å². The number of pyridine rings is 1. The molecule has 3 fully saturated rings. The Labute approximate surface area is 164 Å². The van der Waals surface area contributed by atoms with E-state index in [1.807, 2.05) is 0 Å². The maximum atomic E-state index is 12.7. The number of carbonyl (C=O) groups excluding carboxylic acids is 2. The fourth-order valence-electron chi connectivity index (χ4n) is 4.24. The molecule has 0 aliphatic carbocycles. The molecule has 0 radical (unpaired) electrons. The Morgan fingerprint density at radius 3 is 2.46 bits per heavy atom. The number of rotatable bonds is 5. The molecule has 3 saturated heterocycles. The molecule has 2 bridgehead atoms. The van der Waals surface area contributed by atoms with Gasteiger partial charge in [-0.25, -0.2) is 4.98 Å².